The highest BCUT2D eigenvalue weighted by molar-refractivity contribution is 7.99. The molecule has 1 aliphatic rings. The molecule has 3 heteroatoms. The summed E-state index contributed by atoms with van der Waals surface area (Å²) in [5.74, 6) is 0.713. The highest BCUT2D eigenvalue weighted by atomic mass is 32.2. The molecule has 2 nitrogen and oxygen atoms in total. The van der Waals surface area contributed by atoms with Crippen molar-refractivity contribution in [2.45, 2.75) is 37.0 Å². The maximum absolute atomic E-state index is 11.2. The van der Waals surface area contributed by atoms with Gasteiger partial charge in [-0.1, -0.05) is 31.0 Å². The SMILES string of the molecule is O=C(O)C1CCCCC1CCSc1ccccc1. The molecule has 98 valence electrons. The number of carboxylic acids is 1. The van der Waals surface area contributed by atoms with Gasteiger partial charge in [0.25, 0.3) is 0 Å². The third-order valence-electron chi connectivity index (χ3n) is 3.73. The molecule has 2 unspecified atom stereocenters. The van der Waals surface area contributed by atoms with Crippen LogP contribution < -0.4 is 0 Å². The van der Waals surface area contributed by atoms with Gasteiger partial charge in [0.15, 0.2) is 0 Å². The van der Waals surface area contributed by atoms with Crippen molar-refractivity contribution >= 4 is 17.7 Å². The van der Waals surface area contributed by atoms with Crippen LogP contribution in [-0.2, 0) is 4.79 Å². The Kier molecular flexibility index (Phi) is 5.12. The van der Waals surface area contributed by atoms with Crippen molar-refractivity contribution in [1.82, 2.24) is 0 Å². The minimum Gasteiger partial charge on any atom is -0.481 e. The van der Waals surface area contributed by atoms with Gasteiger partial charge in [0, 0.05) is 4.90 Å². The second-order valence-electron chi connectivity index (χ2n) is 4.94. The summed E-state index contributed by atoms with van der Waals surface area (Å²) in [4.78, 5) is 12.5. The molecule has 0 aromatic heterocycles. The first kappa shape index (κ1) is 13.5. The molecule has 2 atom stereocenters. The Balaban J connectivity index is 1.79. The molecule has 1 aromatic rings. The van der Waals surface area contributed by atoms with E-state index < -0.39 is 5.97 Å². The summed E-state index contributed by atoms with van der Waals surface area (Å²) in [5.41, 5.74) is 0. The summed E-state index contributed by atoms with van der Waals surface area (Å²) in [6.07, 6.45) is 5.27. The summed E-state index contributed by atoms with van der Waals surface area (Å²) >= 11 is 1.83. The fraction of sp³-hybridized carbons (Fsp3) is 0.533. The fourth-order valence-corrected chi connectivity index (χ4v) is 3.73. The average Bonchev–Trinajstić information content (AvgIpc) is 2.40. The number of thioether (sulfide) groups is 1. The van der Waals surface area contributed by atoms with E-state index in [1.54, 1.807) is 0 Å². The van der Waals surface area contributed by atoms with Crippen LogP contribution in [0.15, 0.2) is 35.2 Å². The Labute approximate surface area is 113 Å². The molecule has 1 saturated carbocycles. The van der Waals surface area contributed by atoms with Crippen molar-refractivity contribution in [1.29, 1.82) is 0 Å². The Bertz CT molecular complexity index is 377. The van der Waals surface area contributed by atoms with Gasteiger partial charge in [0.05, 0.1) is 5.92 Å². The standard InChI is InChI=1S/C15H20O2S/c16-15(17)14-9-5-4-6-12(14)10-11-18-13-7-2-1-3-8-13/h1-3,7-8,12,14H,4-6,9-11H2,(H,16,17). The van der Waals surface area contributed by atoms with Crippen molar-refractivity contribution in [3.8, 4) is 0 Å². The number of carbonyl (C=O) groups is 1. The first-order valence-electron chi connectivity index (χ1n) is 6.68. The van der Waals surface area contributed by atoms with Crippen LogP contribution in [-0.4, -0.2) is 16.8 Å². The second-order valence-corrected chi connectivity index (χ2v) is 6.11. The minimum absolute atomic E-state index is 0.102. The highest BCUT2D eigenvalue weighted by Crippen LogP contribution is 2.34. The Morgan fingerprint density at radius 3 is 2.67 bits per heavy atom. The van der Waals surface area contributed by atoms with E-state index in [2.05, 4.69) is 12.1 Å². The number of benzene rings is 1. The number of aliphatic carboxylic acids is 1. The monoisotopic (exact) mass is 264 g/mol. The topological polar surface area (TPSA) is 37.3 Å². The third-order valence-corrected chi connectivity index (χ3v) is 4.77. The first-order chi connectivity index (χ1) is 8.77. The molecule has 0 radical (unpaired) electrons. The molecular formula is C15H20O2S. The van der Waals surface area contributed by atoms with E-state index in [9.17, 15) is 9.90 Å². The van der Waals surface area contributed by atoms with Crippen molar-refractivity contribution in [2.75, 3.05) is 5.75 Å². The molecular weight excluding hydrogens is 244 g/mol. The summed E-state index contributed by atoms with van der Waals surface area (Å²) in [6, 6.07) is 10.3. The van der Waals surface area contributed by atoms with Gasteiger partial charge < -0.3 is 5.11 Å². The molecule has 2 rings (SSSR count). The van der Waals surface area contributed by atoms with Crippen molar-refractivity contribution in [2.24, 2.45) is 11.8 Å². The third kappa shape index (κ3) is 3.77. The molecule has 0 aliphatic heterocycles. The zero-order valence-corrected chi connectivity index (χ0v) is 11.4. The largest absolute Gasteiger partial charge is 0.481 e. The van der Waals surface area contributed by atoms with Gasteiger partial charge in [-0.3, -0.25) is 4.79 Å². The summed E-state index contributed by atoms with van der Waals surface area (Å²) < 4.78 is 0. The van der Waals surface area contributed by atoms with Gasteiger partial charge in [-0.15, -0.1) is 11.8 Å². The van der Waals surface area contributed by atoms with E-state index in [-0.39, 0.29) is 5.92 Å². The lowest BCUT2D eigenvalue weighted by molar-refractivity contribution is -0.144. The van der Waals surface area contributed by atoms with Gasteiger partial charge in [-0.25, -0.2) is 0 Å². The lowest BCUT2D eigenvalue weighted by Crippen LogP contribution is -2.27. The smallest absolute Gasteiger partial charge is 0.306 e. The molecule has 0 heterocycles. The molecule has 0 spiro atoms. The molecule has 1 aromatic carbocycles. The number of carboxylic acid groups (broad SMARTS) is 1. The number of hydrogen-bond acceptors (Lipinski definition) is 2. The Morgan fingerprint density at radius 1 is 1.22 bits per heavy atom. The molecule has 1 N–H and O–H groups in total. The number of hydrogen-bond donors (Lipinski definition) is 1. The molecule has 0 bridgehead atoms. The predicted octanol–water partition coefficient (Wildman–Crippen LogP) is 4.06. The molecule has 1 aliphatic carbocycles. The van der Waals surface area contributed by atoms with Crippen LogP contribution in [0, 0.1) is 11.8 Å². The fourth-order valence-electron chi connectivity index (χ4n) is 2.72. The normalized spacial score (nSPS) is 23.8. The zero-order valence-electron chi connectivity index (χ0n) is 10.5. The van der Waals surface area contributed by atoms with Gasteiger partial charge >= 0.3 is 5.97 Å². The summed E-state index contributed by atoms with van der Waals surface area (Å²) in [5, 5.41) is 9.22. The van der Waals surface area contributed by atoms with Crippen LogP contribution >= 0.6 is 11.8 Å². The van der Waals surface area contributed by atoms with E-state index >= 15 is 0 Å². The summed E-state index contributed by atoms with van der Waals surface area (Å²) in [7, 11) is 0. The average molecular weight is 264 g/mol. The van der Waals surface area contributed by atoms with Crippen LogP contribution in [0.4, 0.5) is 0 Å². The maximum Gasteiger partial charge on any atom is 0.306 e. The van der Waals surface area contributed by atoms with E-state index in [1.165, 1.54) is 11.3 Å². The Morgan fingerprint density at radius 2 is 1.94 bits per heavy atom. The van der Waals surface area contributed by atoms with Crippen molar-refractivity contribution in [3.63, 3.8) is 0 Å². The van der Waals surface area contributed by atoms with Gasteiger partial charge in [0.2, 0.25) is 0 Å². The van der Waals surface area contributed by atoms with Gasteiger partial charge in [-0.05, 0) is 43.1 Å². The van der Waals surface area contributed by atoms with Crippen LogP contribution in [0.3, 0.4) is 0 Å². The van der Waals surface area contributed by atoms with Crippen LogP contribution in [0.1, 0.15) is 32.1 Å². The lowest BCUT2D eigenvalue weighted by Gasteiger charge is -2.28. The minimum atomic E-state index is -0.593. The first-order valence-corrected chi connectivity index (χ1v) is 7.66. The van der Waals surface area contributed by atoms with Crippen LogP contribution in [0.5, 0.6) is 0 Å². The van der Waals surface area contributed by atoms with Gasteiger partial charge in [0.1, 0.15) is 0 Å². The molecule has 1 fully saturated rings. The van der Waals surface area contributed by atoms with Crippen LogP contribution in [0.2, 0.25) is 0 Å². The van der Waals surface area contributed by atoms with E-state index in [0.29, 0.717) is 5.92 Å². The number of rotatable bonds is 5. The van der Waals surface area contributed by atoms with E-state index in [1.807, 2.05) is 30.0 Å². The van der Waals surface area contributed by atoms with E-state index in [0.717, 1.165) is 31.4 Å². The predicted molar refractivity (Wildman–Crippen MR) is 74.9 cm³/mol. The van der Waals surface area contributed by atoms with E-state index in [4.69, 9.17) is 0 Å². The molecule has 0 saturated heterocycles. The quantitative estimate of drug-likeness (QED) is 0.815. The van der Waals surface area contributed by atoms with Crippen LogP contribution in [0.25, 0.3) is 0 Å². The van der Waals surface area contributed by atoms with Gasteiger partial charge in [-0.2, -0.15) is 0 Å². The van der Waals surface area contributed by atoms with Crippen molar-refractivity contribution in [3.05, 3.63) is 30.3 Å². The van der Waals surface area contributed by atoms with Crippen molar-refractivity contribution < 1.29 is 9.90 Å². The summed E-state index contributed by atoms with van der Waals surface area (Å²) in [6.45, 7) is 0. The second kappa shape index (κ2) is 6.83. The lowest BCUT2D eigenvalue weighted by atomic mass is 9.78. The zero-order chi connectivity index (χ0) is 12.8. The highest BCUT2D eigenvalue weighted by Gasteiger charge is 2.30. The Hall–Kier alpha value is -0.960. The molecule has 0 amide bonds. The molecule has 18 heavy (non-hydrogen) atoms. The maximum atomic E-state index is 11.2.